The van der Waals surface area contributed by atoms with Gasteiger partial charge in [-0.15, -0.1) is 0 Å². The number of hydrogen-bond donors (Lipinski definition) is 0. The highest BCUT2D eigenvalue weighted by atomic mass is 35.5. The molecule has 3 unspecified atom stereocenters. The van der Waals surface area contributed by atoms with Crippen molar-refractivity contribution in [2.24, 2.45) is 5.92 Å². The first-order valence-electron chi connectivity index (χ1n) is 11.1. The Morgan fingerprint density at radius 3 is 2.42 bits per heavy atom. The number of amides is 1. The Bertz CT molecular complexity index is 1240. The number of pyridine rings is 1. The van der Waals surface area contributed by atoms with Gasteiger partial charge in [-0.1, -0.05) is 29.3 Å². The highest BCUT2D eigenvalue weighted by Gasteiger charge is 2.40. The van der Waals surface area contributed by atoms with Gasteiger partial charge in [-0.3, -0.25) is 4.79 Å². The zero-order valence-corrected chi connectivity index (χ0v) is 20.9. The normalized spacial score (nSPS) is 18.7. The van der Waals surface area contributed by atoms with Gasteiger partial charge >= 0.3 is 6.18 Å². The molecule has 190 valence electrons. The number of halogens is 5. The predicted molar refractivity (Wildman–Crippen MR) is 131 cm³/mol. The number of carbonyl (C=O) groups excluding carboxylic acids is 1. The summed E-state index contributed by atoms with van der Waals surface area (Å²) in [5.74, 6) is 0.141. The van der Waals surface area contributed by atoms with E-state index < -0.39 is 17.8 Å². The summed E-state index contributed by atoms with van der Waals surface area (Å²) in [6.07, 6.45) is -3.34. The van der Waals surface area contributed by atoms with Crippen molar-refractivity contribution in [1.82, 2.24) is 9.88 Å². The van der Waals surface area contributed by atoms with E-state index in [-0.39, 0.29) is 17.7 Å². The summed E-state index contributed by atoms with van der Waals surface area (Å²) >= 11 is 12.4. The van der Waals surface area contributed by atoms with E-state index in [0.717, 1.165) is 17.7 Å². The third kappa shape index (κ3) is 5.71. The quantitative estimate of drug-likeness (QED) is 0.348. The number of benzene rings is 2. The molecule has 10 heteroatoms. The molecular weight excluding hydrogens is 516 g/mol. The molecule has 1 amide bonds. The van der Waals surface area contributed by atoms with Crippen LogP contribution >= 0.6 is 23.2 Å². The number of methoxy groups -OCH3 is 1. The Kier molecular flexibility index (Phi) is 7.66. The molecule has 1 saturated heterocycles. The molecule has 0 bridgehead atoms. The number of ether oxygens (including phenoxy) is 2. The summed E-state index contributed by atoms with van der Waals surface area (Å²) in [6.45, 7) is 2.61. The molecule has 1 aliphatic rings. The van der Waals surface area contributed by atoms with Gasteiger partial charge in [0.15, 0.2) is 0 Å². The summed E-state index contributed by atoms with van der Waals surface area (Å²) in [7, 11) is 1.48. The summed E-state index contributed by atoms with van der Waals surface area (Å²) in [5, 5.41) is 0.814. The van der Waals surface area contributed by atoms with Crippen LogP contribution in [0.5, 0.6) is 11.6 Å². The lowest BCUT2D eigenvalue weighted by Crippen LogP contribution is -2.32. The molecule has 1 aromatic heterocycles. The highest BCUT2D eigenvalue weighted by Crippen LogP contribution is 2.39. The molecular formula is C26H23Cl2F3N2O3. The van der Waals surface area contributed by atoms with E-state index in [1.807, 2.05) is 13.0 Å². The number of alkyl halides is 3. The number of aromatic nitrogens is 1. The van der Waals surface area contributed by atoms with E-state index in [1.54, 1.807) is 29.2 Å². The van der Waals surface area contributed by atoms with Crippen molar-refractivity contribution in [2.45, 2.75) is 25.1 Å². The smallest absolute Gasteiger partial charge is 0.416 e. The summed E-state index contributed by atoms with van der Waals surface area (Å²) in [6, 6.07) is 13.1. The van der Waals surface area contributed by atoms with Crippen LogP contribution in [0.3, 0.4) is 0 Å². The Balaban J connectivity index is 1.59. The van der Waals surface area contributed by atoms with Crippen LogP contribution in [0.1, 0.15) is 34.3 Å². The van der Waals surface area contributed by atoms with Crippen LogP contribution in [0.2, 0.25) is 10.0 Å². The molecule has 3 aromatic rings. The van der Waals surface area contributed by atoms with Crippen LogP contribution in [-0.2, 0) is 6.18 Å². The second-order valence-electron chi connectivity index (χ2n) is 8.59. The topological polar surface area (TPSA) is 51.7 Å². The number of nitrogens with zero attached hydrogens (tertiary/aromatic N) is 2. The number of carbonyl (C=O) groups is 1. The van der Waals surface area contributed by atoms with Crippen molar-refractivity contribution in [3.8, 4) is 11.6 Å². The molecule has 5 nitrogen and oxygen atoms in total. The van der Waals surface area contributed by atoms with Crippen LogP contribution in [0.25, 0.3) is 0 Å². The minimum Gasteiger partial charge on any atom is -0.490 e. The standard InChI is InChI=1S/C26H23Cl2F3N2O3/c1-15(36-19-6-4-18(5-7-19)26(29,30)31)20-13-33(25(34)17-9-10-32-24(12-17)35-2)14-21(20)16-3-8-22(27)23(28)11-16/h3-12,15,20-21H,13-14H2,1-2H3. The lowest BCUT2D eigenvalue weighted by molar-refractivity contribution is -0.137. The molecule has 0 radical (unpaired) electrons. The van der Waals surface area contributed by atoms with Crippen LogP contribution in [0.15, 0.2) is 60.8 Å². The maximum atomic E-state index is 13.3. The molecule has 4 rings (SSSR count). The lowest BCUT2D eigenvalue weighted by Gasteiger charge is -2.26. The number of likely N-dealkylation sites (tertiary alicyclic amines) is 1. The third-order valence-electron chi connectivity index (χ3n) is 6.32. The number of rotatable bonds is 6. The summed E-state index contributed by atoms with van der Waals surface area (Å²) in [4.78, 5) is 19.1. The zero-order valence-electron chi connectivity index (χ0n) is 19.4. The monoisotopic (exact) mass is 538 g/mol. The maximum absolute atomic E-state index is 13.3. The second-order valence-corrected chi connectivity index (χ2v) is 9.40. The van der Waals surface area contributed by atoms with E-state index in [4.69, 9.17) is 32.7 Å². The highest BCUT2D eigenvalue weighted by molar-refractivity contribution is 6.42. The van der Waals surface area contributed by atoms with Gasteiger partial charge in [0.25, 0.3) is 5.91 Å². The van der Waals surface area contributed by atoms with Crippen molar-refractivity contribution in [3.05, 3.63) is 87.5 Å². The minimum atomic E-state index is -4.43. The van der Waals surface area contributed by atoms with E-state index in [0.29, 0.717) is 40.3 Å². The largest absolute Gasteiger partial charge is 0.490 e. The zero-order chi connectivity index (χ0) is 26.0. The van der Waals surface area contributed by atoms with Gasteiger partial charge in [0.2, 0.25) is 5.88 Å². The van der Waals surface area contributed by atoms with E-state index in [1.165, 1.54) is 25.4 Å². The van der Waals surface area contributed by atoms with Gasteiger partial charge < -0.3 is 14.4 Å². The minimum absolute atomic E-state index is 0.142. The average molecular weight is 539 g/mol. The SMILES string of the molecule is COc1cc(C(=O)N2CC(c3ccc(Cl)c(Cl)c3)C(C(C)Oc3ccc(C(F)(F)F)cc3)C2)ccn1. The fourth-order valence-corrected chi connectivity index (χ4v) is 4.73. The fraction of sp³-hybridized carbons (Fsp3) is 0.308. The Morgan fingerprint density at radius 1 is 1.06 bits per heavy atom. The van der Waals surface area contributed by atoms with Crippen molar-refractivity contribution in [1.29, 1.82) is 0 Å². The first kappa shape index (κ1) is 26.1. The number of hydrogen-bond acceptors (Lipinski definition) is 4. The van der Waals surface area contributed by atoms with Gasteiger partial charge in [-0.2, -0.15) is 13.2 Å². The van der Waals surface area contributed by atoms with Crippen molar-refractivity contribution >= 4 is 29.1 Å². The van der Waals surface area contributed by atoms with Gasteiger partial charge in [0, 0.05) is 42.8 Å². The van der Waals surface area contributed by atoms with Crippen LogP contribution in [0, 0.1) is 5.92 Å². The first-order chi connectivity index (χ1) is 17.1. The second kappa shape index (κ2) is 10.6. The van der Waals surface area contributed by atoms with Crippen molar-refractivity contribution in [3.63, 3.8) is 0 Å². The van der Waals surface area contributed by atoms with E-state index in [2.05, 4.69) is 4.98 Å². The van der Waals surface area contributed by atoms with E-state index >= 15 is 0 Å². The Morgan fingerprint density at radius 2 is 1.78 bits per heavy atom. The maximum Gasteiger partial charge on any atom is 0.416 e. The molecule has 2 aromatic carbocycles. The summed E-state index contributed by atoms with van der Waals surface area (Å²) in [5.41, 5.74) is 0.577. The molecule has 3 atom stereocenters. The first-order valence-corrected chi connectivity index (χ1v) is 11.9. The average Bonchev–Trinajstić information content (AvgIpc) is 3.31. The van der Waals surface area contributed by atoms with Crippen LogP contribution in [0.4, 0.5) is 13.2 Å². The Hall–Kier alpha value is -2.97. The molecule has 36 heavy (non-hydrogen) atoms. The molecule has 0 aliphatic carbocycles. The molecule has 1 fully saturated rings. The van der Waals surface area contributed by atoms with Crippen molar-refractivity contribution in [2.75, 3.05) is 20.2 Å². The van der Waals surface area contributed by atoms with Crippen LogP contribution < -0.4 is 9.47 Å². The fourth-order valence-electron chi connectivity index (χ4n) is 4.43. The van der Waals surface area contributed by atoms with Crippen molar-refractivity contribution < 1.29 is 27.4 Å². The Labute approximate surface area is 216 Å². The third-order valence-corrected chi connectivity index (χ3v) is 7.06. The molecule has 1 aliphatic heterocycles. The lowest BCUT2D eigenvalue weighted by atomic mass is 9.85. The molecule has 0 saturated carbocycles. The van der Waals surface area contributed by atoms with Gasteiger partial charge in [0.1, 0.15) is 11.9 Å². The van der Waals surface area contributed by atoms with Gasteiger partial charge in [-0.25, -0.2) is 4.98 Å². The summed E-state index contributed by atoms with van der Waals surface area (Å²) < 4.78 is 50.0. The van der Waals surface area contributed by atoms with Gasteiger partial charge in [-0.05, 0) is 55.0 Å². The van der Waals surface area contributed by atoms with Crippen LogP contribution in [-0.4, -0.2) is 42.1 Å². The molecule has 0 spiro atoms. The molecule has 2 heterocycles. The van der Waals surface area contributed by atoms with Gasteiger partial charge in [0.05, 0.1) is 22.7 Å². The van der Waals surface area contributed by atoms with E-state index in [9.17, 15) is 18.0 Å². The predicted octanol–water partition coefficient (Wildman–Crippen LogP) is 6.74. The molecule has 0 N–H and O–H groups in total.